The number of carbonyl (C=O) groups is 2. The number of amides is 1. The lowest BCUT2D eigenvalue weighted by Gasteiger charge is -2.13. The van der Waals surface area contributed by atoms with Crippen molar-refractivity contribution < 1.29 is 23.5 Å². The van der Waals surface area contributed by atoms with Crippen LogP contribution in [0.5, 0.6) is 5.75 Å². The van der Waals surface area contributed by atoms with Gasteiger partial charge in [0.15, 0.2) is 0 Å². The molecule has 178 valence electrons. The van der Waals surface area contributed by atoms with Crippen molar-refractivity contribution in [1.29, 1.82) is 5.26 Å². The molecule has 4 rings (SSSR count). The van der Waals surface area contributed by atoms with Crippen LogP contribution in [-0.4, -0.2) is 19.0 Å². The van der Waals surface area contributed by atoms with Crippen LogP contribution in [0.2, 0.25) is 0 Å². The smallest absolute Gasteiger partial charge is 0.337 e. The topological polar surface area (TPSA) is 88.4 Å². The summed E-state index contributed by atoms with van der Waals surface area (Å²) in [5.74, 6) is -1.11. The summed E-state index contributed by atoms with van der Waals surface area (Å²) in [5, 5.41) is 14.1. The maximum absolute atomic E-state index is 14.1. The highest BCUT2D eigenvalue weighted by atomic mass is 19.1. The molecule has 0 heterocycles. The first kappa shape index (κ1) is 24.2. The molecule has 0 aliphatic rings. The molecular weight excluding hydrogens is 459 g/mol. The minimum absolute atomic E-state index is 0.0213. The Bertz CT molecular complexity index is 1500. The lowest BCUT2D eigenvalue weighted by Crippen LogP contribution is -2.13. The van der Waals surface area contributed by atoms with E-state index in [9.17, 15) is 19.2 Å². The van der Waals surface area contributed by atoms with E-state index in [-0.39, 0.29) is 18.0 Å². The number of nitrogens with zero attached hydrogens (tertiary/aromatic N) is 1. The third kappa shape index (κ3) is 5.40. The number of esters is 1. The Morgan fingerprint density at radius 3 is 2.42 bits per heavy atom. The molecule has 0 saturated carbocycles. The Morgan fingerprint density at radius 1 is 0.972 bits per heavy atom. The Kier molecular flexibility index (Phi) is 7.37. The zero-order chi connectivity index (χ0) is 25.5. The molecule has 0 saturated heterocycles. The Labute approximate surface area is 207 Å². The molecule has 0 aliphatic carbocycles. The monoisotopic (exact) mass is 480 g/mol. The van der Waals surface area contributed by atoms with Gasteiger partial charge in [-0.2, -0.15) is 5.26 Å². The van der Waals surface area contributed by atoms with E-state index in [0.29, 0.717) is 28.1 Å². The predicted molar refractivity (Wildman–Crippen MR) is 135 cm³/mol. The second kappa shape index (κ2) is 11.0. The average molecular weight is 480 g/mol. The number of rotatable bonds is 7. The van der Waals surface area contributed by atoms with E-state index in [4.69, 9.17) is 4.74 Å². The number of halogens is 1. The van der Waals surface area contributed by atoms with Crippen molar-refractivity contribution in [3.8, 4) is 11.8 Å². The number of fused-ring (bicyclic) bond motifs is 1. The highest BCUT2D eigenvalue weighted by Gasteiger charge is 2.15. The molecule has 4 aromatic carbocycles. The lowest BCUT2D eigenvalue weighted by atomic mass is 10.0. The fraction of sp³-hybridized carbons (Fsp3) is 0.0690. The van der Waals surface area contributed by atoms with Crippen LogP contribution in [0.4, 0.5) is 10.1 Å². The summed E-state index contributed by atoms with van der Waals surface area (Å²) in [4.78, 5) is 24.5. The predicted octanol–water partition coefficient (Wildman–Crippen LogP) is 5.89. The van der Waals surface area contributed by atoms with Crippen molar-refractivity contribution in [2.24, 2.45) is 0 Å². The van der Waals surface area contributed by atoms with Gasteiger partial charge < -0.3 is 14.8 Å². The molecule has 0 atom stereocenters. The summed E-state index contributed by atoms with van der Waals surface area (Å²) in [6, 6.07) is 25.4. The molecule has 1 amide bonds. The summed E-state index contributed by atoms with van der Waals surface area (Å²) in [6.45, 7) is -0.0213. The molecule has 0 fully saturated rings. The minimum atomic E-state index is -0.628. The van der Waals surface area contributed by atoms with E-state index >= 15 is 0 Å². The fourth-order valence-corrected chi connectivity index (χ4v) is 3.62. The van der Waals surface area contributed by atoms with Gasteiger partial charge in [0, 0.05) is 16.8 Å². The number of carbonyl (C=O) groups excluding carboxylic acids is 2. The number of methoxy groups -OCH3 is 1. The number of hydrogen-bond acceptors (Lipinski definition) is 5. The summed E-state index contributed by atoms with van der Waals surface area (Å²) in [7, 11) is 1.28. The number of nitriles is 1. The highest BCUT2D eigenvalue weighted by molar-refractivity contribution is 6.11. The molecule has 0 aliphatic heterocycles. The van der Waals surface area contributed by atoms with E-state index in [2.05, 4.69) is 10.1 Å². The van der Waals surface area contributed by atoms with Gasteiger partial charge in [-0.1, -0.05) is 48.5 Å². The summed E-state index contributed by atoms with van der Waals surface area (Å²) in [6.07, 6.45) is 1.46. The van der Waals surface area contributed by atoms with Crippen LogP contribution in [0, 0.1) is 17.1 Å². The SMILES string of the molecule is COC(=O)c1ccc(NC(=O)/C(C#N)=C/c2c(OCc3ccccc3F)ccc3ccccc23)cc1. The van der Waals surface area contributed by atoms with Gasteiger partial charge in [-0.25, -0.2) is 9.18 Å². The van der Waals surface area contributed by atoms with Crippen molar-refractivity contribution in [2.75, 3.05) is 12.4 Å². The van der Waals surface area contributed by atoms with Crippen LogP contribution < -0.4 is 10.1 Å². The molecule has 0 bridgehead atoms. The first-order chi connectivity index (χ1) is 17.5. The summed E-state index contributed by atoms with van der Waals surface area (Å²) < 4.78 is 24.7. The van der Waals surface area contributed by atoms with Crippen LogP contribution in [0.3, 0.4) is 0 Å². The second-order valence-electron chi connectivity index (χ2n) is 7.77. The lowest BCUT2D eigenvalue weighted by molar-refractivity contribution is -0.112. The van der Waals surface area contributed by atoms with Crippen LogP contribution in [0.25, 0.3) is 16.8 Å². The zero-order valence-corrected chi connectivity index (χ0v) is 19.3. The van der Waals surface area contributed by atoms with Crippen LogP contribution >= 0.6 is 0 Å². The number of nitrogens with one attached hydrogen (secondary N) is 1. The average Bonchev–Trinajstić information content (AvgIpc) is 2.91. The first-order valence-corrected chi connectivity index (χ1v) is 11.0. The van der Waals surface area contributed by atoms with Gasteiger partial charge in [-0.05, 0) is 53.2 Å². The van der Waals surface area contributed by atoms with E-state index in [1.54, 1.807) is 36.4 Å². The van der Waals surface area contributed by atoms with Gasteiger partial charge in [0.05, 0.1) is 12.7 Å². The molecule has 7 heteroatoms. The standard InChI is InChI=1S/C29H21FN2O4/c1-35-29(34)20-10-13-23(14-11-20)32-28(33)22(17-31)16-25-24-8-4-2-6-19(24)12-15-27(25)36-18-21-7-3-5-9-26(21)30/h2-16H,18H2,1H3,(H,32,33)/b22-16+. The quantitative estimate of drug-likeness (QED) is 0.202. The molecule has 1 N–H and O–H groups in total. The van der Waals surface area contributed by atoms with Crippen LogP contribution in [-0.2, 0) is 16.1 Å². The fourth-order valence-electron chi connectivity index (χ4n) is 3.62. The minimum Gasteiger partial charge on any atom is -0.488 e. The number of hydrogen-bond donors (Lipinski definition) is 1. The van der Waals surface area contributed by atoms with Crippen LogP contribution in [0.15, 0.2) is 90.5 Å². The molecule has 0 unspecified atom stereocenters. The Morgan fingerprint density at radius 2 is 1.69 bits per heavy atom. The maximum atomic E-state index is 14.1. The molecule has 0 radical (unpaired) electrons. The molecule has 0 spiro atoms. The molecule has 36 heavy (non-hydrogen) atoms. The largest absolute Gasteiger partial charge is 0.488 e. The van der Waals surface area contributed by atoms with E-state index in [0.717, 1.165) is 10.8 Å². The number of benzene rings is 4. The van der Waals surface area contributed by atoms with Crippen molar-refractivity contribution in [1.82, 2.24) is 0 Å². The van der Waals surface area contributed by atoms with Crippen molar-refractivity contribution in [3.05, 3.63) is 113 Å². The second-order valence-corrected chi connectivity index (χ2v) is 7.77. The molecule has 0 aromatic heterocycles. The van der Waals surface area contributed by atoms with Crippen molar-refractivity contribution in [2.45, 2.75) is 6.61 Å². The summed E-state index contributed by atoms with van der Waals surface area (Å²) in [5.41, 5.74) is 1.49. The maximum Gasteiger partial charge on any atom is 0.337 e. The molecular formula is C29H21FN2O4. The Balaban J connectivity index is 1.65. The zero-order valence-electron chi connectivity index (χ0n) is 19.3. The third-order valence-corrected chi connectivity index (χ3v) is 5.49. The normalized spacial score (nSPS) is 11.0. The van der Waals surface area contributed by atoms with Gasteiger partial charge in [0.2, 0.25) is 0 Å². The van der Waals surface area contributed by atoms with Gasteiger partial charge in [-0.15, -0.1) is 0 Å². The third-order valence-electron chi connectivity index (χ3n) is 5.49. The van der Waals surface area contributed by atoms with Gasteiger partial charge in [0.25, 0.3) is 5.91 Å². The first-order valence-electron chi connectivity index (χ1n) is 11.0. The van der Waals surface area contributed by atoms with Crippen molar-refractivity contribution >= 4 is 34.4 Å². The highest BCUT2D eigenvalue weighted by Crippen LogP contribution is 2.31. The van der Waals surface area contributed by atoms with E-state index in [1.807, 2.05) is 36.4 Å². The van der Waals surface area contributed by atoms with E-state index in [1.165, 1.54) is 31.4 Å². The van der Waals surface area contributed by atoms with Gasteiger partial charge >= 0.3 is 5.97 Å². The number of anilines is 1. The van der Waals surface area contributed by atoms with Crippen molar-refractivity contribution in [3.63, 3.8) is 0 Å². The van der Waals surface area contributed by atoms with Crippen LogP contribution in [0.1, 0.15) is 21.5 Å². The molecule has 4 aromatic rings. The van der Waals surface area contributed by atoms with E-state index < -0.39 is 11.9 Å². The Hall–Kier alpha value is -4.96. The van der Waals surface area contributed by atoms with Gasteiger partial charge in [-0.3, -0.25) is 4.79 Å². The number of ether oxygens (including phenoxy) is 2. The summed E-state index contributed by atoms with van der Waals surface area (Å²) >= 11 is 0. The molecule has 6 nitrogen and oxygen atoms in total. The van der Waals surface area contributed by atoms with Gasteiger partial charge in [0.1, 0.15) is 29.8 Å².